The van der Waals surface area contributed by atoms with E-state index in [1.807, 2.05) is 36.4 Å². The molecule has 1 atom stereocenters. The molecule has 34 heavy (non-hydrogen) atoms. The smallest absolute Gasteiger partial charge is 0.255 e. The van der Waals surface area contributed by atoms with Crippen molar-refractivity contribution in [3.8, 4) is 0 Å². The van der Waals surface area contributed by atoms with Gasteiger partial charge in [-0.25, -0.2) is 0 Å². The highest BCUT2D eigenvalue weighted by atomic mass is 32.2. The van der Waals surface area contributed by atoms with Crippen LogP contribution in [0.3, 0.4) is 0 Å². The number of benzene rings is 4. The summed E-state index contributed by atoms with van der Waals surface area (Å²) in [7, 11) is -0.529. The molecule has 0 spiro atoms. The maximum atomic E-state index is 13.8. The first-order valence-corrected chi connectivity index (χ1v) is 14.1. The van der Waals surface area contributed by atoms with Crippen molar-refractivity contribution in [1.82, 2.24) is 4.90 Å². The van der Waals surface area contributed by atoms with E-state index < -0.39 is 7.92 Å². The molecule has 4 heteroatoms. The van der Waals surface area contributed by atoms with Crippen molar-refractivity contribution in [3.63, 3.8) is 0 Å². The zero-order valence-corrected chi connectivity index (χ0v) is 20.8. The number of hydrogen-bond donors (Lipinski definition) is 0. The summed E-state index contributed by atoms with van der Waals surface area (Å²) in [6.07, 6.45) is 3.14. The number of carbonyl (C=O) groups excluding carboxylic acids is 1. The highest BCUT2D eigenvalue weighted by Crippen LogP contribution is 2.39. The van der Waals surface area contributed by atoms with Gasteiger partial charge >= 0.3 is 0 Å². The molecule has 170 valence electrons. The summed E-state index contributed by atoms with van der Waals surface area (Å²) < 4.78 is 0. The third-order valence-corrected chi connectivity index (χ3v) is 9.97. The molecule has 0 bridgehead atoms. The van der Waals surface area contributed by atoms with Crippen LogP contribution in [-0.4, -0.2) is 29.6 Å². The van der Waals surface area contributed by atoms with Crippen molar-refractivity contribution in [2.45, 2.75) is 28.7 Å². The van der Waals surface area contributed by atoms with Crippen LogP contribution in [0.4, 0.5) is 0 Å². The third-order valence-electron chi connectivity index (χ3n) is 6.26. The zero-order chi connectivity index (χ0) is 23.2. The molecule has 1 saturated heterocycles. The Labute approximate surface area is 207 Å². The summed E-state index contributed by atoms with van der Waals surface area (Å²) in [6, 6.07) is 40.2. The van der Waals surface area contributed by atoms with Crippen LogP contribution in [0, 0.1) is 0 Å². The molecule has 0 radical (unpaired) electrons. The molecule has 1 aliphatic heterocycles. The molecule has 4 aromatic carbocycles. The van der Waals surface area contributed by atoms with Gasteiger partial charge in [0.05, 0.1) is 5.56 Å². The lowest BCUT2D eigenvalue weighted by molar-refractivity contribution is 0.0746. The van der Waals surface area contributed by atoms with Crippen LogP contribution < -0.4 is 10.6 Å². The van der Waals surface area contributed by atoms with Crippen LogP contribution in [0.15, 0.2) is 125 Å². The number of amides is 1. The Morgan fingerprint density at radius 1 is 0.765 bits per heavy atom. The topological polar surface area (TPSA) is 20.3 Å². The van der Waals surface area contributed by atoms with Gasteiger partial charge < -0.3 is 4.90 Å². The number of nitrogens with zero attached hydrogens (tertiary/aromatic N) is 1. The second-order valence-electron chi connectivity index (χ2n) is 8.49. The first kappa shape index (κ1) is 22.9. The van der Waals surface area contributed by atoms with E-state index in [1.165, 1.54) is 10.6 Å². The first-order valence-electron chi connectivity index (χ1n) is 11.8. The Morgan fingerprint density at radius 2 is 1.32 bits per heavy atom. The van der Waals surface area contributed by atoms with Crippen molar-refractivity contribution in [2.24, 2.45) is 0 Å². The van der Waals surface area contributed by atoms with E-state index in [1.54, 1.807) is 11.8 Å². The fourth-order valence-electron chi connectivity index (χ4n) is 4.58. The van der Waals surface area contributed by atoms with Crippen LogP contribution in [-0.2, 0) is 0 Å². The average molecular weight is 482 g/mol. The van der Waals surface area contributed by atoms with E-state index in [0.29, 0.717) is 0 Å². The van der Waals surface area contributed by atoms with Crippen molar-refractivity contribution in [2.75, 3.05) is 12.7 Å². The molecular formula is C30H28NOPS. The molecule has 1 amide bonds. The molecule has 0 aromatic heterocycles. The van der Waals surface area contributed by atoms with Gasteiger partial charge in [0.15, 0.2) is 0 Å². The van der Waals surface area contributed by atoms with Crippen LogP contribution in [0.25, 0.3) is 0 Å². The summed E-state index contributed by atoms with van der Waals surface area (Å²) in [4.78, 5) is 18.2. The summed E-state index contributed by atoms with van der Waals surface area (Å²) in [6.45, 7) is 0.834. The fourth-order valence-corrected chi connectivity index (χ4v) is 8.13. The van der Waals surface area contributed by atoms with E-state index in [4.69, 9.17) is 0 Å². The van der Waals surface area contributed by atoms with Gasteiger partial charge in [0.25, 0.3) is 5.91 Å². The lowest BCUT2D eigenvalue weighted by atomic mass is 10.2. The SMILES string of the molecule is O=C(c1ccccc1Sc1ccccc1)N1CCC[C@H]1CP(c1ccccc1)c1ccccc1. The Bertz CT molecular complexity index is 1180. The quantitative estimate of drug-likeness (QED) is 0.278. The molecular weight excluding hydrogens is 453 g/mol. The number of likely N-dealkylation sites (tertiary alicyclic amines) is 1. The number of hydrogen-bond acceptors (Lipinski definition) is 2. The number of carbonyl (C=O) groups is 1. The van der Waals surface area contributed by atoms with Crippen LogP contribution in [0.5, 0.6) is 0 Å². The summed E-state index contributed by atoms with van der Waals surface area (Å²) in [5, 5.41) is 2.76. The molecule has 0 saturated carbocycles. The molecule has 2 nitrogen and oxygen atoms in total. The monoisotopic (exact) mass is 481 g/mol. The Kier molecular flexibility index (Phi) is 7.43. The van der Waals surface area contributed by atoms with Gasteiger partial charge in [-0.05, 0) is 61.8 Å². The van der Waals surface area contributed by atoms with Gasteiger partial charge in [-0.3, -0.25) is 4.79 Å². The Morgan fingerprint density at radius 3 is 1.97 bits per heavy atom. The van der Waals surface area contributed by atoms with Crippen LogP contribution in [0.2, 0.25) is 0 Å². The summed E-state index contributed by atoms with van der Waals surface area (Å²) >= 11 is 1.67. The van der Waals surface area contributed by atoms with Gasteiger partial charge in [0, 0.05) is 22.4 Å². The van der Waals surface area contributed by atoms with E-state index in [-0.39, 0.29) is 11.9 Å². The van der Waals surface area contributed by atoms with E-state index in [2.05, 4.69) is 83.8 Å². The van der Waals surface area contributed by atoms with E-state index in [0.717, 1.165) is 40.9 Å². The molecule has 0 aliphatic carbocycles. The second-order valence-corrected chi connectivity index (χ2v) is 11.9. The highest BCUT2D eigenvalue weighted by Gasteiger charge is 2.33. The maximum Gasteiger partial charge on any atom is 0.255 e. The Hall–Kier alpha value is -2.87. The number of rotatable bonds is 7. The predicted octanol–water partition coefficient (Wildman–Crippen LogP) is 6.58. The lowest BCUT2D eigenvalue weighted by Crippen LogP contribution is -2.38. The van der Waals surface area contributed by atoms with E-state index in [9.17, 15) is 4.79 Å². The molecule has 1 heterocycles. The normalized spacial score (nSPS) is 15.6. The van der Waals surface area contributed by atoms with Gasteiger partial charge in [-0.2, -0.15) is 0 Å². The largest absolute Gasteiger partial charge is 0.335 e. The minimum absolute atomic E-state index is 0.164. The molecule has 5 rings (SSSR count). The Balaban J connectivity index is 1.40. The maximum absolute atomic E-state index is 13.8. The summed E-state index contributed by atoms with van der Waals surface area (Å²) in [5.41, 5.74) is 0.812. The highest BCUT2D eigenvalue weighted by molar-refractivity contribution is 7.99. The molecule has 4 aromatic rings. The van der Waals surface area contributed by atoms with Crippen LogP contribution >= 0.6 is 19.7 Å². The average Bonchev–Trinajstić information content (AvgIpc) is 3.37. The molecule has 1 aliphatic rings. The van der Waals surface area contributed by atoms with Gasteiger partial charge in [0.1, 0.15) is 0 Å². The minimum Gasteiger partial charge on any atom is -0.335 e. The standard InChI is InChI=1S/C30H28NOPS/c32-30(28-20-10-11-21-29(28)34-27-18-8-3-9-19-27)31-22-12-13-24(31)23-33(25-14-4-1-5-15-25)26-16-6-2-7-17-26/h1-11,14-21,24H,12-13,22-23H2/t24-/m0/s1. The van der Waals surface area contributed by atoms with Gasteiger partial charge in [-0.1, -0.05) is 103 Å². The van der Waals surface area contributed by atoms with Crippen molar-refractivity contribution in [1.29, 1.82) is 0 Å². The zero-order valence-electron chi connectivity index (χ0n) is 19.1. The molecule has 0 N–H and O–H groups in total. The molecule has 0 unspecified atom stereocenters. The van der Waals surface area contributed by atoms with E-state index >= 15 is 0 Å². The first-order chi connectivity index (χ1) is 16.8. The van der Waals surface area contributed by atoms with Crippen LogP contribution in [0.1, 0.15) is 23.2 Å². The summed E-state index contributed by atoms with van der Waals surface area (Å²) in [5.74, 6) is 0.164. The molecule has 1 fully saturated rings. The van der Waals surface area contributed by atoms with Gasteiger partial charge in [0.2, 0.25) is 0 Å². The van der Waals surface area contributed by atoms with Crippen molar-refractivity contribution < 1.29 is 4.79 Å². The van der Waals surface area contributed by atoms with Crippen molar-refractivity contribution >= 4 is 36.2 Å². The minimum atomic E-state index is -0.529. The van der Waals surface area contributed by atoms with Crippen molar-refractivity contribution in [3.05, 3.63) is 121 Å². The fraction of sp³-hybridized carbons (Fsp3) is 0.167. The predicted molar refractivity (Wildman–Crippen MR) is 145 cm³/mol. The van der Waals surface area contributed by atoms with Gasteiger partial charge in [-0.15, -0.1) is 0 Å². The third kappa shape index (κ3) is 5.27. The lowest BCUT2D eigenvalue weighted by Gasteiger charge is -2.30. The second kappa shape index (κ2) is 11.0.